The van der Waals surface area contributed by atoms with Crippen LogP contribution in [0.4, 0.5) is 0 Å². The van der Waals surface area contributed by atoms with E-state index in [-0.39, 0.29) is 11.7 Å². The van der Waals surface area contributed by atoms with Crippen LogP contribution in [-0.4, -0.2) is 33.1 Å². The maximum absolute atomic E-state index is 11.8. The summed E-state index contributed by atoms with van der Waals surface area (Å²) in [4.78, 5) is 11.8. The number of aromatic nitrogens is 3. The third-order valence-corrected chi connectivity index (χ3v) is 4.43. The molecule has 124 valence electrons. The molecule has 1 aromatic heterocycles. The van der Waals surface area contributed by atoms with Gasteiger partial charge in [0.05, 0.1) is 10.8 Å². The first-order valence-corrected chi connectivity index (χ1v) is 8.70. The van der Waals surface area contributed by atoms with Crippen molar-refractivity contribution in [1.29, 1.82) is 0 Å². The molecular formula is C15H20ClN5OS. The highest BCUT2D eigenvalue weighted by Crippen LogP contribution is 2.27. The number of thioether (sulfide) groups is 1. The van der Waals surface area contributed by atoms with Crippen LogP contribution >= 0.6 is 23.4 Å². The zero-order chi connectivity index (χ0) is 16.8. The van der Waals surface area contributed by atoms with Gasteiger partial charge in [-0.1, -0.05) is 49.3 Å². The zero-order valence-corrected chi connectivity index (χ0v) is 14.7. The molecule has 23 heavy (non-hydrogen) atoms. The molecule has 6 nitrogen and oxygen atoms in total. The summed E-state index contributed by atoms with van der Waals surface area (Å²) in [6.07, 6.45) is 0.958. The van der Waals surface area contributed by atoms with Crippen LogP contribution < -0.4 is 11.2 Å². The molecule has 0 bridgehead atoms. The van der Waals surface area contributed by atoms with Crippen LogP contribution in [0, 0.1) is 5.92 Å². The average molecular weight is 354 g/mol. The van der Waals surface area contributed by atoms with Crippen molar-refractivity contribution < 1.29 is 4.79 Å². The summed E-state index contributed by atoms with van der Waals surface area (Å²) in [6, 6.07) is 7.27. The second kappa shape index (κ2) is 8.21. The van der Waals surface area contributed by atoms with E-state index in [4.69, 9.17) is 17.4 Å². The van der Waals surface area contributed by atoms with Gasteiger partial charge in [-0.2, -0.15) is 0 Å². The lowest BCUT2D eigenvalue weighted by molar-refractivity contribution is -0.118. The Balaban J connectivity index is 1.95. The van der Waals surface area contributed by atoms with E-state index in [9.17, 15) is 4.79 Å². The second-order valence-corrected chi connectivity index (χ2v) is 6.83. The fraction of sp³-hybridized carbons (Fsp3) is 0.400. The maximum atomic E-state index is 11.8. The number of nitrogens with zero attached hydrogens (tertiary/aromatic N) is 3. The van der Waals surface area contributed by atoms with Gasteiger partial charge in [0.25, 0.3) is 0 Å². The van der Waals surface area contributed by atoms with Crippen LogP contribution in [0.25, 0.3) is 11.4 Å². The summed E-state index contributed by atoms with van der Waals surface area (Å²) >= 11 is 7.39. The van der Waals surface area contributed by atoms with Crippen molar-refractivity contribution in [3.63, 3.8) is 0 Å². The van der Waals surface area contributed by atoms with Crippen molar-refractivity contribution in [2.75, 3.05) is 18.1 Å². The van der Waals surface area contributed by atoms with Crippen LogP contribution in [-0.2, 0) is 4.79 Å². The summed E-state index contributed by atoms with van der Waals surface area (Å²) in [6.45, 7) is 4.92. The van der Waals surface area contributed by atoms with Gasteiger partial charge < -0.3 is 11.2 Å². The first-order valence-electron chi connectivity index (χ1n) is 7.34. The molecule has 0 aliphatic carbocycles. The minimum Gasteiger partial charge on any atom is -0.355 e. The maximum Gasteiger partial charge on any atom is 0.230 e. The van der Waals surface area contributed by atoms with Gasteiger partial charge in [0.2, 0.25) is 11.1 Å². The largest absolute Gasteiger partial charge is 0.355 e. The number of hydrogen-bond donors (Lipinski definition) is 2. The number of amides is 1. The second-order valence-electron chi connectivity index (χ2n) is 5.48. The Hall–Kier alpha value is -1.73. The fourth-order valence-corrected chi connectivity index (χ4v) is 2.79. The van der Waals surface area contributed by atoms with E-state index in [1.807, 2.05) is 18.2 Å². The van der Waals surface area contributed by atoms with Gasteiger partial charge in [-0.25, -0.2) is 4.68 Å². The number of benzene rings is 1. The summed E-state index contributed by atoms with van der Waals surface area (Å²) in [5.74, 6) is 7.25. The minimum atomic E-state index is -0.0436. The van der Waals surface area contributed by atoms with E-state index in [1.54, 1.807) is 6.07 Å². The molecule has 2 aromatic rings. The van der Waals surface area contributed by atoms with Gasteiger partial charge in [0, 0.05) is 12.1 Å². The average Bonchev–Trinajstić information content (AvgIpc) is 2.86. The van der Waals surface area contributed by atoms with E-state index in [2.05, 4.69) is 29.4 Å². The number of carbonyl (C=O) groups excluding carboxylic acids is 1. The molecule has 1 amide bonds. The topological polar surface area (TPSA) is 85.8 Å². The molecule has 0 radical (unpaired) electrons. The Morgan fingerprint density at radius 3 is 2.83 bits per heavy atom. The normalized spacial score (nSPS) is 11.0. The third kappa shape index (κ3) is 4.87. The van der Waals surface area contributed by atoms with E-state index in [0.717, 1.165) is 6.42 Å². The fourth-order valence-electron chi connectivity index (χ4n) is 1.88. The van der Waals surface area contributed by atoms with Crippen molar-refractivity contribution in [2.45, 2.75) is 25.4 Å². The molecule has 1 heterocycles. The van der Waals surface area contributed by atoms with Crippen LogP contribution in [0.3, 0.4) is 0 Å². The summed E-state index contributed by atoms with van der Waals surface area (Å²) in [5.41, 5.74) is 0.706. The lowest BCUT2D eigenvalue weighted by atomic mass is 10.1. The van der Waals surface area contributed by atoms with E-state index in [1.165, 1.54) is 16.4 Å². The van der Waals surface area contributed by atoms with Gasteiger partial charge in [-0.05, 0) is 24.5 Å². The Morgan fingerprint density at radius 2 is 2.13 bits per heavy atom. The van der Waals surface area contributed by atoms with Gasteiger partial charge in [0.1, 0.15) is 0 Å². The molecule has 0 saturated carbocycles. The monoisotopic (exact) mass is 353 g/mol. The highest BCUT2D eigenvalue weighted by atomic mass is 35.5. The number of halogens is 1. The Bertz CT molecular complexity index is 674. The molecule has 1 aromatic carbocycles. The predicted molar refractivity (Wildman–Crippen MR) is 93.8 cm³/mol. The lowest BCUT2D eigenvalue weighted by Gasteiger charge is -2.07. The van der Waals surface area contributed by atoms with Gasteiger partial charge in [0.15, 0.2) is 5.82 Å². The Labute approximate surface area is 144 Å². The van der Waals surface area contributed by atoms with Crippen LogP contribution in [0.1, 0.15) is 20.3 Å². The van der Waals surface area contributed by atoms with Crippen molar-refractivity contribution in [1.82, 2.24) is 20.2 Å². The molecule has 0 saturated heterocycles. The summed E-state index contributed by atoms with van der Waals surface area (Å²) in [7, 11) is 0. The first-order chi connectivity index (χ1) is 11.0. The standard InChI is InChI=1S/C15H20ClN5OS/c1-10(2)7-8-18-13(22)9-23-15-20-19-14(21(15)17)11-5-3-4-6-12(11)16/h3-6,10H,7-9,17H2,1-2H3,(H,18,22). The van der Waals surface area contributed by atoms with Crippen molar-refractivity contribution in [2.24, 2.45) is 5.92 Å². The quantitative estimate of drug-likeness (QED) is 0.590. The Morgan fingerprint density at radius 1 is 1.39 bits per heavy atom. The van der Waals surface area contributed by atoms with E-state index in [0.29, 0.717) is 34.0 Å². The first kappa shape index (κ1) is 17.6. The smallest absolute Gasteiger partial charge is 0.230 e. The number of hydrogen-bond acceptors (Lipinski definition) is 5. The van der Waals surface area contributed by atoms with Gasteiger partial charge in [-0.3, -0.25) is 4.79 Å². The highest BCUT2D eigenvalue weighted by Gasteiger charge is 2.15. The molecule has 0 atom stereocenters. The van der Waals surface area contributed by atoms with Gasteiger partial charge >= 0.3 is 0 Å². The van der Waals surface area contributed by atoms with Crippen molar-refractivity contribution in [3.05, 3.63) is 29.3 Å². The molecular weight excluding hydrogens is 334 g/mol. The van der Waals surface area contributed by atoms with E-state index < -0.39 is 0 Å². The van der Waals surface area contributed by atoms with Crippen LogP contribution in [0.15, 0.2) is 29.4 Å². The van der Waals surface area contributed by atoms with Crippen LogP contribution in [0.5, 0.6) is 0 Å². The van der Waals surface area contributed by atoms with Crippen LogP contribution in [0.2, 0.25) is 5.02 Å². The molecule has 0 unspecified atom stereocenters. The number of rotatable bonds is 7. The number of nitrogens with two attached hydrogens (primary N) is 1. The summed E-state index contributed by atoms with van der Waals surface area (Å²) < 4.78 is 1.35. The third-order valence-electron chi connectivity index (χ3n) is 3.16. The minimum absolute atomic E-state index is 0.0436. The number of nitrogen functional groups attached to an aromatic ring is 1. The van der Waals surface area contributed by atoms with E-state index >= 15 is 0 Å². The van der Waals surface area contributed by atoms with Gasteiger partial charge in [-0.15, -0.1) is 10.2 Å². The SMILES string of the molecule is CC(C)CCNC(=O)CSc1nnc(-c2ccccc2Cl)n1N. The highest BCUT2D eigenvalue weighted by molar-refractivity contribution is 7.99. The molecule has 3 N–H and O–H groups in total. The number of nitrogens with one attached hydrogen (secondary N) is 1. The molecule has 2 rings (SSSR count). The van der Waals surface area contributed by atoms with Crippen molar-refractivity contribution >= 4 is 29.3 Å². The van der Waals surface area contributed by atoms with Crippen molar-refractivity contribution in [3.8, 4) is 11.4 Å². The molecule has 0 spiro atoms. The molecule has 0 fully saturated rings. The Kier molecular flexibility index (Phi) is 6.29. The molecule has 0 aliphatic heterocycles. The summed E-state index contributed by atoms with van der Waals surface area (Å²) in [5, 5.41) is 12.0. The zero-order valence-electron chi connectivity index (χ0n) is 13.1. The predicted octanol–water partition coefficient (Wildman–Crippen LogP) is 2.57. The lowest BCUT2D eigenvalue weighted by Crippen LogP contribution is -2.27. The molecule has 8 heteroatoms. The number of carbonyl (C=O) groups is 1. The molecule has 0 aliphatic rings.